The van der Waals surface area contributed by atoms with Crippen molar-refractivity contribution in [2.24, 2.45) is 0 Å². The number of hydrogen-bond acceptors (Lipinski definition) is 6. The molecule has 9 heteroatoms. The molecule has 7 nitrogen and oxygen atoms in total. The molecule has 4 rings (SSSR count). The number of pyridine rings is 2. The van der Waals surface area contributed by atoms with Crippen LogP contribution in [0, 0.1) is 18.3 Å². The van der Waals surface area contributed by atoms with Crippen molar-refractivity contribution in [2.45, 2.75) is 25.7 Å². The first-order chi connectivity index (χ1) is 12.5. The van der Waals surface area contributed by atoms with Crippen LogP contribution in [-0.4, -0.2) is 21.0 Å². The highest BCUT2D eigenvalue weighted by Crippen LogP contribution is 2.46. The van der Waals surface area contributed by atoms with Crippen LogP contribution in [0.1, 0.15) is 35.0 Å². The Balaban J connectivity index is 1.59. The van der Waals surface area contributed by atoms with Gasteiger partial charge in [0.2, 0.25) is 0 Å². The molecular weight excluding hydrogens is 372 g/mol. The molecule has 1 fully saturated rings. The van der Waals surface area contributed by atoms with Crippen molar-refractivity contribution in [2.75, 3.05) is 10.6 Å². The molecule has 2 amide bonds. The van der Waals surface area contributed by atoms with Gasteiger partial charge in [-0.2, -0.15) is 5.26 Å². The van der Waals surface area contributed by atoms with Gasteiger partial charge in [-0.15, -0.1) is 0 Å². The van der Waals surface area contributed by atoms with E-state index < -0.39 is 6.03 Å². The van der Waals surface area contributed by atoms with Gasteiger partial charge in [-0.1, -0.05) is 22.9 Å². The predicted octanol–water partition coefficient (Wildman–Crippen LogP) is 4.44. The number of hydrogen-bond donors (Lipinski definition) is 2. The highest BCUT2D eigenvalue weighted by atomic mass is 35.5. The molecule has 1 aliphatic rings. The highest BCUT2D eigenvalue weighted by Gasteiger charge is 2.30. The molecule has 3 heterocycles. The Hall–Kier alpha value is -2.76. The monoisotopic (exact) mass is 384 g/mol. The van der Waals surface area contributed by atoms with Crippen LogP contribution in [0.4, 0.5) is 16.2 Å². The SMILES string of the molecule is Cc1nc2c(C3CC3)c(NC(=O)Nc3cnc(C#N)c(Cl)c3)cnc2s1. The number of aromatic nitrogens is 3. The van der Waals surface area contributed by atoms with Crippen LogP contribution in [0.3, 0.4) is 0 Å². The fourth-order valence-electron chi connectivity index (χ4n) is 2.76. The number of nitrogens with zero attached hydrogens (tertiary/aromatic N) is 4. The molecule has 0 bridgehead atoms. The Labute approximate surface area is 158 Å². The molecule has 3 aromatic heterocycles. The zero-order chi connectivity index (χ0) is 18.3. The number of halogens is 1. The van der Waals surface area contributed by atoms with Crippen molar-refractivity contribution in [3.05, 3.63) is 39.7 Å². The molecule has 0 unspecified atom stereocenters. The van der Waals surface area contributed by atoms with Gasteiger partial charge < -0.3 is 10.6 Å². The van der Waals surface area contributed by atoms with Gasteiger partial charge in [0, 0.05) is 5.56 Å². The van der Waals surface area contributed by atoms with E-state index in [1.54, 1.807) is 17.5 Å². The molecule has 0 aromatic carbocycles. The summed E-state index contributed by atoms with van der Waals surface area (Å²) in [5.74, 6) is 0.406. The Morgan fingerprint density at radius 3 is 2.85 bits per heavy atom. The molecule has 2 N–H and O–H groups in total. The number of aryl methyl sites for hydroxylation is 1. The summed E-state index contributed by atoms with van der Waals surface area (Å²) < 4.78 is 0. The Bertz CT molecular complexity index is 1070. The standard InChI is InChI=1S/C17H13ClN6OS/c1-8-22-15-14(9-2-3-9)13(7-21-16(15)26-8)24-17(25)23-10-4-11(18)12(5-19)20-6-10/h4,6-7,9H,2-3H2,1H3,(H2,23,24,25). The van der Waals surface area contributed by atoms with Crippen molar-refractivity contribution in [1.29, 1.82) is 5.26 Å². The van der Waals surface area contributed by atoms with E-state index in [9.17, 15) is 4.79 Å². The van der Waals surface area contributed by atoms with Gasteiger partial charge in [0.05, 0.1) is 33.8 Å². The summed E-state index contributed by atoms with van der Waals surface area (Å²) in [5, 5.41) is 15.5. The number of urea groups is 1. The molecule has 130 valence electrons. The number of rotatable bonds is 3. The number of carbonyl (C=O) groups excluding carboxylic acids is 1. The summed E-state index contributed by atoms with van der Waals surface area (Å²) in [5.41, 5.74) is 3.09. The largest absolute Gasteiger partial charge is 0.323 e. The minimum absolute atomic E-state index is 0.113. The van der Waals surface area contributed by atoms with E-state index in [0.717, 1.165) is 33.8 Å². The smallest absolute Gasteiger partial charge is 0.306 e. The van der Waals surface area contributed by atoms with Crippen LogP contribution in [-0.2, 0) is 0 Å². The number of amides is 2. The molecule has 1 aliphatic carbocycles. The van der Waals surface area contributed by atoms with Gasteiger partial charge in [-0.25, -0.2) is 19.7 Å². The average molecular weight is 385 g/mol. The van der Waals surface area contributed by atoms with Gasteiger partial charge in [0.25, 0.3) is 0 Å². The van der Waals surface area contributed by atoms with Gasteiger partial charge in [0.15, 0.2) is 5.69 Å². The number of nitrogens with one attached hydrogen (secondary N) is 2. The van der Waals surface area contributed by atoms with Gasteiger partial charge in [0.1, 0.15) is 16.4 Å². The summed E-state index contributed by atoms with van der Waals surface area (Å²) in [4.78, 5) is 26.2. The molecule has 1 saturated carbocycles. The Kier molecular flexibility index (Phi) is 4.18. The summed E-state index contributed by atoms with van der Waals surface area (Å²) in [6.07, 6.45) is 5.23. The Morgan fingerprint density at radius 2 is 2.15 bits per heavy atom. The van der Waals surface area contributed by atoms with E-state index >= 15 is 0 Å². The van der Waals surface area contributed by atoms with E-state index in [-0.39, 0.29) is 10.7 Å². The quantitative estimate of drug-likeness (QED) is 0.694. The zero-order valence-electron chi connectivity index (χ0n) is 13.7. The van der Waals surface area contributed by atoms with Crippen molar-refractivity contribution in [3.8, 4) is 6.07 Å². The third-order valence-electron chi connectivity index (χ3n) is 4.01. The number of thiazole rings is 1. The minimum Gasteiger partial charge on any atom is -0.306 e. The lowest BCUT2D eigenvalue weighted by molar-refractivity contribution is 0.262. The normalized spacial score (nSPS) is 13.4. The first-order valence-corrected chi connectivity index (χ1v) is 9.14. The van der Waals surface area contributed by atoms with Crippen molar-refractivity contribution < 1.29 is 4.79 Å². The maximum Gasteiger partial charge on any atom is 0.323 e. The third kappa shape index (κ3) is 3.19. The summed E-state index contributed by atoms with van der Waals surface area (Å²) in [7, 11) is 0. The Morgan fingerprint density at radius 1 is 1.35 bits per heavy atom. The van der Waals surface area contributed by atoms with Crippen LogP contribution >= 0.6 is 22.9 Å². The molecule has 0 aliphatic heterocycles. The molecular formula is C17H13ClN6OS. The molecule has 0 atom stereocenters. The van der Waals surface area contributed by atoms with Crippen LogP contribution in [0.15, 0.2) is 18.5 Å². The van der Waals surface area contributed by atoms with Crippen molar-refractivity contribution >= 4 is 50.7 Å². The molecule has 0 saturated heterocycles. The van der Waals surface area contributed by atoms with Gasteiger partial charge in [-0.3, -0.25) is 0 Å². The predicted molar refractivity (Wildman–Crippen MR) is 101 cm³/mol. The second-order valence-corrected chi connectivity index (χ2v) is 7.58. The summed E-state index contributed by atoms with van der Waals surface area (Å²) in [6.45, 7) is 1.95. The highest BCUT2D eigenvalue weighted by molar-refractivity contribution is 7.18. The molecule has 0 radical (unpaired) electrons. The summed E-state index contributed by atoms with van der Waals surface area (Å²) in [6, 6.07) is 2.93. The van der Waals surface area contributed by atoms with E-state index in [1.807, 2.05) is 13.0 Å². The van der Waals surface area contributed by atoms with Gasteiger partial charge in [-0.05, 0) is 31.7 Å². The van der Waals surface area contributed by atoms with E-state index in [0.29, 0.717) is 17.3 Å². The first kappa shape index (κ1) is 16.7. The van der Waals surface area contributed by atoms with Crippen LogP contribution in [0.2, 0.25) is 5.02 Å². The lowest BCUT2D eigenvalue weighted by Gasteiger charge is -2.12. The third-order valence-corrected chi connectivity index (χ3v) is 5.18. The number of fused-ring (bicyclic) bond motifs is 1. The zero-order valence-corrected chi connectivity index (χ0v) is 15.3. The first-order valence-electron chi connectivity index (χ1n) is 7.95. The fourth-order valence-corrected chi connectivity index (χ4v) is 3.74. The second-order valence-electron chi connectivity index (χ2n) is 5.99. The summed E-state index contributed by atoms with van der Waals surface area (Å²) >= 11 is 7.49. The van der Waals surface area contributed by atoms with Crippen LogP contribution < -0.4 is 10.6 Å². The maximum atomic E-state index is 12.4. The topological polar surface area (TPSA) is 104 Å². The molecule has 3 aromatic rings. The lowest BCUT2D eigenvalue weighted by atomic mass is 10.1. The number of carbonyl (C=O) groups is 1. The molecule has 0 spiro atoms. The fraction of sp³-hybridized carbons (Fsp3) is 0.235. The lowest BCUT2D eigenvalue weighted by Crippen LogP contribution is -2.20. The van der Waals surface area contributed by atoms with E-state index in [4.69, 9.17) is 16.9 Å². The minimum atomic E-state index is -0.428. The van der Waals surface area contributed by atoms with Crippen LogP contribution in [0.25, 0.3) is 10.3 Å². The van der Waals surface area contributed by atoms with Crippen LogP contribution in [0.5, 0.6) is 0 Å². The van der Waals surface area contributed by atoms with Crippen molar-refractivity contribution in [3.63, 3.8) is 0 Å². The van der Waals surface area contributed by atoms with E-state index in [1.165, 1.54) is 12.3 Å². The number of anilines is 2. The maximum absolute atomic E-state index is 12.4. The van der Waals surface area contributed by atoms with E-state index in [2.05, 4.69) is 25.6 Å². The van der Waals surface area contributed by atoms with Crippen molar-refractivity contribution in [1.82, 2.24) is 15.0 Å². The van der Waals surface area contributed by atoms with Gasteiger partial charge >= 0.3 is 6.03 Å². The molecule has 26 heavy (non-hydrogen) atoms. The second kappa shape index (κ2) is 6.52. The average Bonchev–Trinajstić information content (AvgIpc) is 3.35. The number of nitriles is 1.